The zero-order valence-electron chi connectivity index (χ0n) is 9.57. The van der Waals surface area contributed by atoms with Gasteiger partial charge in [0.2, 0.25) is 0 Å². The number of carboxylic acid groups (broad SMARTS) is 1. The van der Waals surface area contributed by atoms with Gasteiger partial charge in [0, 0.05) is 17.2 Å². The van der Waals surface area contributed by atoms with Crippen molar-refractivity contribution in [3.63, 3.8) is 0 Å². The van der Waals surface area contributed by atoms with Gasteiger partial charge in [-0.3, -0.25) is 9.89 Å². The van der Waals surface area contributed by atoms with Crippen molar-refractivity contribution in [1.29, 1.82) is 0 Å². The van der Waals surface area contributed by atoms with Crippen molar-refractivity contribution in [2.24, 2.45) is 0 Å². The van der Waals surface area contributed by atoms with Gasteiger partial charge in [-0.05, 0) is 19.8 Å². The fourth-order valence-corrected chi connectivity index (χ4v) is 2.50. The van der Waals surface area contributed by atoms with Crippen LogP contribution in [0.5, 0.6) is 0 Å². The molecule has 0 bridgehead atoms. The van der Waals surface area contributed by atoms with Crippen molar-refractivity contribution in [1.82, 2.24) is 10.2 Å². The Balaban J connectivity index is 2.20. The summed E-state index contributed by atoms with van der Waals surface area (Å²) in [6.07, 6.45) is 7.76. The normalized spacial score (nSPS) is 19.6. The van der Waals surface area contributed by atoms with Crippen molar-refractivity contribution in [3.05, 3.63) is 17.5 Å². The molecule has 4 nitrogen and oxygen atoms in total. The zero-order valence-corrected chi connectivity index (χ0v) is 9.57. The van der Waals surface area contributed by atoms with E-state index in [0.29, 0.717) is 5.92 Å². The van der Waals surface area contributed by atoms with Gasteiger partial charge in [-0.25, -0.2) is 0 Å². The minimum atomic E-state index is -0.779. The fraction of sp³-hybridized carbons (Fsp3) is 0.667. The van der Waals surface area contributed by atoms with E-state index in [2.05, 4.69) is 10.2 Å². The molecule has 1 atom stereocenters. The molecular formula is C12H18N2O2. The molecule has 2 rings (SSSR count). The number of carbonyl (C=O) groups is 1. The first-order valence-electron chi connectivity index (χ1n) is 5.96. The largest absolute Gasteiger partial charge is 0.481 e. The molecule has 1 aliphatic rings. The maximum Gasteiger partial charge on any atom is 0.310 e. The van der Waals surface area contributed by atoms with Crippen molar-refractivity contribution < 1.29 is 9.90 Å². The average molecular weight is 222 g/mol. The Hall–Kier alpha value is -1.32. The van der Waals surface area contributed by atoms with Gasteiger partial charge in [0.25, 0.3) is 0 Å². The Bertz CT molecular complexity index is 367. The third kappa shape index (κ3) is 2.10. The van der Waals surface area contributed by atoms with E-state index >= 15 is 0 Å². The molecule has 1 aromatic heterocycles. The molecule has 0 aliphatic heterocycles. The van der Waals surface area contributed by atoms with Gasteiger partial charge < -0.3 is 5.11 Å². The van der Waals surface area contributed by atoms with E-state index in [9.17, 15) is 4.79 Å². The van der Waals surface area contributed by atoms with E-state index in [0.717, 1.165) is 24.1 Å². The van der Waals surface area contributed by atoms with E-state index in [4.69, 9.17) is 5.11 Å². The Morgan fingerprint density at radius 3 is 2.81 bits per heavy atom. The maximum absolute atomic E-state index is 11.0. The molecule has 0 aromatic carbocycles. The predicted molar refractivity (Wildman–Crippen MR) is 60.5 cm³/mol. The fourth-order valence-electron chi connectivity index (χ4n) is 2.50. The molecule has 1 fully saturated rings. The van der Waals surface area contributed by atoms with Crippen molar-refractivity contribution in [3.8, 4) is 0 Å². The molecule has 1 saturated carbocycles. The molecule has 2 N–H and O–H groups in total. The zero-order chi connectivity index (χ0) is 11.5. The van der Waals surface area contributed by atoms with Crippen LogP contribution in [0.15, 0.2) is 6.20 Å². The Labute approximate surface area is 95.1 Å². The van der Waals surface area contributed by atoms with Crippen LogP contribution >= 0.6 is 0 Å². The lowest BCUT2D eigenvalue weighted by atomic mass is 9.84. The Morgan fingerprint density at radius 1 is 1.50 bits per heavy atom. The third-order valence-corrected chi connectivity index (χ3v) is 3.55. The molecular weight excluding hydrogens is 204 g/mol. The highest BCUT2D eigenvalue weighted by Gasteiger charge is 2.25. The van der Waals surface area contributed by atoms with Crippen LogP contribution in [0.4, 0.5) is 0 Å². The number of aromatic amines is 1. The molecule has 0 spiro atoms. The number of aromatic nitrogens is 2. The summed E-state index contributed by atoms with van der Waals surface area (Å²) in [5, 5.41) is 16.0. The van der Waals surface area contributed by atoms with Crippen LogP contribution in [0.2, 0.25) is 0 Å². The molecule has 0 saturated heterocycles. The number of nitrogens with zero attached hydrogens (tertiary/aromatic N) is 1. The van der Waals surface area contributed by atoms with Gasteiger partial charge in [0.05, 0.1) is 12.1 Å². The summed E-state index contributed by atoms with van der Waals surface area (Å²) in [5.41, 5.74) is 1.91. The first kappa shape index (κ1) is 11.2. The molecule has 1 aliphatic carbocycles. The van der Waals surface area contributed by atoms with Gasteiger partial charge in [-0.1, -0.05) is 19.3 Å². The molecule has 0 radical (unpaired) electrons. The number of nitrogens with one attached hydrogen (secondary N) is 1. The molecule has 4 heteroatoms. The number of carboxylic acids is 1. The first-order valence-corrected chi connectivity index (χ1v) is 5.96. The topological polar surface area (TPSA) is 66.0 Å². The lowest BCUT2D eigenvalue weighted by Gasteiger charge is -2.22. The second-order valence-electron chi connectivity index (χ2n) is 4.63. The minimum absolute atomic E-state index is 0.462. The van der Waals surface area contributed by atoms with Gasteiger partial charge in [0.1, 0.15) is 0 Å². The summed E-state index contributed by atoms with van der Waals surface area (Å²) in [6, 6.07) is 0. The second-order valence-corrected chi connectivity index (χ2v) is 4.63. The SMILES string of the molecule is CC(C(=O)O)c1cn[nH]c1C1CCCCC1. The predicted octanol–water partition coefficient (Wildman–Crippen LogP) is 2.65. The van der Waals surface area contributed by atoms with E-state index in [1.54, 1.807) is 13.1 Å². The van der Waals surface area contributed by atoms with Crippen molar-refractivity contribution in [2.45, 2.75) is 50.9 Å². The van der Waals surface area contributed by atoms with Crippen LogP contribution in [0.3, 0.4) is 0 Å². The highest BCUT2D eigenvalue weighted by Crippen LogP contribution is 2.35. The lowest BCUT2D eigenvalue weighted by Crippen LogP contribution is -2.12. The van der Waals surface area contributed by atoms with Crippen LogP contribution in [-0.2, 0) is 4.79 Å². The van der Waals surface area contributed by atoms with Crippen molar-refractivity contribution in [2.75, 3.05) is 0 Å². The quantitative estimate of drug-likeness (QED) is 0.826. The summed E-state index contributed by atoms with van der Waals surface area (Å²) < 4.78 is 0. The summed E-state index contributed by atoms with van der Waals surface area (Å²) in [6.45, 7) is 1.72. The van der Waals surface area contributed by atoms with Crippen molar-refractivity contribution >= 4 is 5.97 Å². The van der Waals surface area contributed by atoms with Crippen LogP contribution in [0, 0.1) is 0 Å². The van der Waals surface area contributed by atoms with E-state index in [1.807, 2.05) is 0 Å². The Morgan fingerprint density at radius 2 is 2.19 bits per heavy atom. The van der Waals surface area contributed by atoms with Crippen LogP contribution in [-0.4, -0.2) is 21.3 Å². The van der Waals surface area contributed by atoms with E-state index < -0.39 is 11.9 Å². The number of hydrogen-bond acceptors (Lipinski definition) is 2. The molecule has 16 heavy (non-hydrogen) atoms. The molecule has 88 valence electrons. The number of H-pyrrole nitrogens is 1. The molecule has 1 aromatic rings. The molecule has 0 amide bonds. The summed E-state index contributed by atoms with van der Waals surface area (Å²) >= 11 is 0. The minimum Gasteiger partial charge on any atom is -0.481 e. The average Bonchev–Trinajstić information content (AvgIpc) is 2.77. The van der Waals surface area contributed by atoms with Gasteiger partial charge >= 0.3 is 5.97 Å². The lowest BCUT2D eigenvalue weighted by molar-refractivity contribution is -0.138. The van der Waals surface area contributed by atoms with Gasteiger partial charge in [0.15, 0.2) is 0 Å². The molecule has 1 heterocycles. The highest BCUT2D eigenvalue weighted by atomic mass is 16.4. The standard InChI is InChI=1S/C12H18N2O2/c1-8(12(15)16)10-7-13-14-11(10)9-5-3-2-4-6-9/h7-9H,2-6H2,1H3,(H,13,14)(H,15,16). The number of aliphatic carboxylic acids is 1. The number of hydrogen-bond donors (Lipinski definition) is 2. The smallest absolute Gasteiger partial charge is 0.310 e. The van der Waals surface area contributed by atoms with Crippen LogP contribution in [0.25, 0.3) is 0 Å². The summed E-state index contributed by atoms with van der Waals surface area (Å²) in [4.78, 5) is 11.0. The highest BCUT2D eigenvalue weighted by molar-refractivity contribution is 5.75. The second kappa shape index (κ2) is 4.68. The van der Waals surface area contributed by atoms with Gasteiger partial charge in [-0.2, -0.15) is 5.10 Å². The van der Waals surface area contributed by atoms with Crippen LogP contribution in [0.1, 0.15) is 62.1 Å². The monoisotopic (exact) mass is 222 g/mol. The van der Waals surface area contributed by atoms with E-state index in [-0.39, 0.29) is 0 Å². The Kier molecular flexibility index (Phi) is 3.27. The summed E-state index contributed by atoms with van der Waals surface area (Å²) in [7, 11) is 0. The molecule has 1 unspecified atom stereocenters. The van der Waals surface area contributed by atoms with Crippen LogP contribution < -0.4 is 0 Å². The first-order chi connectivity index (χ1) is 7.70. The summed E-state index contributed by atoms with van der Waals surface area (Å²) in [5.74, 6) is -0.762. The van der Waals surface area contributed by atoms with E-state index in [1.165, 1.54) is 19.3 Å². The van der Waals surface area contributed by atoms with Gasteiger partial charge in [-0.15, -0.1) is 0 Å². The maximum atomic E-state index is 11.0. The third-order valence-electron chi connectivity index (χ3n) is 3.55. The number of rotatable bonds is 3.